The number of likely N-dealkylation sites (N-methyl/N-ethyl adjacent to an activating group) is 1. The molecular formula is C11H14BrNO6S2. The number of carbonyl (C=O) groups excluding carboxylic acids is 2. The maximum atomic E-state index is 12.5. The molecule has 0 aliphatic heterocycles. The summed E-state index contributed by atoms with van der Waals surface area (Å²) in [5.74, 6) is -1.29. The van der Waals surface area contributed by atoms with Gasteiger partial charge in [-0.25, -0.2) is 13.2 Å². The molecule has 10 heteroatoms. The molecule has 0 radical (unpaired) electrons. The van der Waals surface area contributed by atoms with E-state index in [1.807, 2.05) is 0 Å². The van der Waals surface area contributed by atoms with Gasteiger partial charge in [-0.2, -0.15) is 4.31 Å². The Labute approximate surface area is 135 Å². The van der Waals surface area contributed by atoms with E-state index < -0.39 is 28.5 Å². The van der Waals surface area contributed by atoms with Crippen LogP contribution in [-0.4, -0.2) is 52.0 Å². The summed E-state index contributed by atoms with van der Waals surface area (Å²) in [6.45, 7) is 1.29. The Balaban J connectivity index is 3.20. The predicted molar refractivity (Wildman–Crippen MR) is 79.8 cm³/mol. The van der Waals surface area contributed by atoms with Crippen molar-refractivity contribution in [3.05, 3.63) is 14.7 Å². The number of thiophene rings is 1. The molecule has 0 aliphatic rings. The maximum absolute atomic E-state index is 12.5. The summed E-state index contributed by atoms with van der Waals surface area (Å²) in [6, 6.07) is 1.22. The zero-order chi connectivity index (χ0) is 16.2. The van der Waals surface area contributed by atoms with Crippen LogP contribution in [0, 0.1) is 0 Å². The molecule has 0 aliphatic carbocycles. The van der Waals surface area contributed by atoms with E-state index in [9.17, 15) is 18.0 Å². The number of halogens is 1. The molecule has 0 amide bonds. The summed E-state index contributed by atoms with van der Waals surface area (Å²) in [7, 11) is -1.53. The van der Waals surface area contributed by atoms with Crippen LogP contribution in [0.4, 0.5) is 0 Å². The minimum absolute atomic E-state index is 0.0846. The first-order valence-corrected chi connectivity index (χ1v) is 8.77. The van der Waals surface area contributed by atoms with Crippen LogP contribution < -0.4 is 0 Å². The second-order valence-corrected chi connectivity index (χ2v) is 8.02. The lowest BCUT2D eigenvalue weighted by atomic mass is 10.5. The zero-order valence-corrected chi connectivity index (χ0v) is 14.8. The number of hydrogen-bond donors (Lipinski definition) is 0. The number of hydrogen-bond acceptors (Lipinski definition) is 7. The second kappa shape index (κ2) is 7.34. The maximum Gasteiger partial charge on any atom is 0.348 e. The van der Waals surface area contributed by atoms with Gasteiger partial charge in [0, 0.05) is 6.54 Å². The first-order valence-electron chi connectivity index (χ1n) is 5.72. The molecule has 0 atom stereocenters. The van der Waals surface area contributed by atoms with Gasteiger partial charge in [-0.3, -0.25) is 4.79 Å². The molecule has 0 unspecified atom stereocenters. The average molecular weight is 400 g/mol. The molecule has 0 saturated carbocycles. The fourth-order valence-corrected chi connectivity index (χ4v) is 5.27. The number of rotatable bonds is 6. The molecule has 1 aromatic heterocycles. The lowest BCUT2D eigenvalue weighted by Crippen LogP contribution is -2.36. The van der Waals surface area contributed by atoms with Crippen molar-refractivity contribution in [3.8, 4) is 0 Å². The summed E-state index contributed by atoms with van der Waals surface area (Å²) in [4.78, 5) is 22.8. The van der Waals surface area contributed by atoms with Crippen molar-refractivity contribution in [3.63, 3.8) is 0 Å². The number of sulfonamides is 1. The van der Waals surface area contributed by atoms with Gasteiger partial charge in [0.25, 0.3) is 0 Å². The first-order chi connectivity index (χ1) is 9.77. The van der Waals surface area contributed by atoms with E-state index in [1.165, 1.54) is 20.3 Å². The number of carbonyl (C=O) groups is 2. The summed E-state index contributed by atoms with van der Waals surface area (Å²) in [5.41, 5.74) is 0. The highest BCUT2D eigenvalue weighted by Gasteiger charge is 2.30. The number of ether oxygens (including phenoxy) is 2. The molecule has 0 saturated heterocycles. The quantitative estimate of drug-likeness (QED) is 0.672. The smallest absolute Gasteiger partial charge is 0.348 e. The van der Waals surface area contributed by atoms with Crippen molar-refractivity contribution in [1.82, 2.24) is 4.31 Å². The Morgan fingerprint density at radius 3 is 2.43 bits per heavy atom. The van der Waals surface area contributed by atoms with Crippen molar-refractivity contribution in [2.24, 2.45) is 0 Å². The van der Waals surface area contributed by atoms with E-state index in [1.54, 1.807) is 6.92 Å². The third-order valence-electron chi connectivity index (χ3n) is 2.55. The number of nitrogens with zero attached hydrogens (tertiary/aromatic N) is 1. The molecular weight excluding hydrogens is 386 g/mol. The highest BCUT2D eigenvalue weighted by molar-refractivity contribution is 9.11. The van der Waals surface area contributed by atoms with E-state index in [-0.39, 0.29) is 20.1 Å². The van der Waals surface area contributed by atoms with Gasteiger partial charge in [-0.1, -0.05) is 6.92 Å². The Bertz CT molecular complexity index is 639. The van der Waals surface area contributed by atoms with Crippen molar-refractivity contribution in [2.75, 3.05) is 27.3 Å². The van der Waals surface area contributed by atoms with E-state index in [0.717, 1.165) is 15.6 Å². The Kier molecular flexibility index (Phi) is 6.32. The zero-order valence-electron chi connectivity index (χ0n) is 11.6. The Hall–Kier alpha value is -0.970. The summed E-state index contributed by atoms with van der Waals surface area (Å²) in [6.07, 6.45) is 0. The Morgan fingerprint density at radius 1 is 1.33 bits per heavy atom. The van der Waals surface area contributed by atoms with E-state index in [4.69, 9.17) is 0 Å². The van der Waals surface area contributed by atoms with Gasteiger partial charge < -0.3 is 9.47 Å². The normalized spacial score (nSPS) is 11.5. The van der Waals surface area contributed by atoms with Gasteiger partial charge in [0.15, 0.2) is 0 Å². The third kappa shape index (κ3) is 4.02. The van der Waals surface area contributed by atoms with Crippen molar-refractivity contribution in [2.45, 2.75) is 11.8 Å². The molecule has 0 aromatic carbocycles. The van der Waals surface area contributed by atoms with Gasteiger partial charge in [-0.15, -0.1) is 11.3 Å². The standard InChI is InChI=1S/C11H14BrNO6S2/c1-4-13(6-9(14)18-2)21(16,17)8-5-7(11(15)19-3)20-10(8)12/h5H,4,6H2,1-3H3. The van der Waals surface area contributed by atoms with Crippen LogP contribution in [-0.2, 0) is 24.3 Å². The van der Waals surface area contributed by atoms with Gasteiger partial charge in [0.05, 0.1) is 18.0 Å². The SMILES string of the molecule is CCN(CC(=O)OC)S(=O)(=O)c1cc(C(=O)OC)sc1Br. The highest BCUT2D eigenvalue weighted by Crippen LogP contribution is 2.33. The molecule has 0 N–H and O–H groups in total. The topological polar surface area (TPSA) is 90.0 Å². The molecule has 1 rings (SSSR count). The van der Waals surface area contributed by atoms with E-state index in [0.29, 0.717) is 0 Å². The van der Waals surface area contributed by atoms with Crippen LogP contribution in [0.3, 0.4) is 0 Å². The van der Waals surface area contributed by atoms with Gasteiger partial charge in [-0.05, 0) is 22.0 Å². The first kappa shape index (κ1) is 18.1. The van der Waals surface area contributed by atoms with Crippen LogP contribution in [0.1, 0.15) is 16.6 Å². The van der Waals surface area contributed by atoms with Crippen LogP contribution in [0.2, 0.25) is 0 Å². The fourth-order valence-electron chi connectivity index (χ4n) is 1.44. The van der Waals surface area contributed by atoms with Gasteiger partial charge in [0.1, 0.15) is 16.3 Å². The molecule has 1 heterocycles. The molecule has 1 aromatic rings. The van der Waals surface area contributed by atoms with Gasteiger partial charge in [0.2, 0.25) is 10.0 Å². The van der Waals surface area contributed by atoms with Gasteiger partial charge >= 0.3 is 11.9 Å². The molecule has 7 nitrogen and oxygen atoms in total. The highest BCUT2D eigenvalue weighted by atomic mass is 79.9. The molecule has 0 bridgehead atoms. The Morgan fingerprint density at radius 2 is 1.95 bits per heavy atom. The molecule has 0 fully saturated rings. The monoisotopic (exact) mass is 399 g/mol. The molecule has 21 heavy (non-hydrogen) atoms. The lowest BCUT2D eigenvalue weighted by Gasteiger charge is -2.18. The predicted octanol–water partition coefficient (Wildman–Crippen LogP) is 1.48. The average Bonchev–Trinajstić information content (AvgIpc) is 2.85. The van der Waals surface area contributed by atoms with Crippen molar-refractivity contribution < 1.29 is 27.5 Å². The van der Waals surface area contributed by atoms with Crippen LogP contribution in [0.25, 0.3) is 0 Å². The number of methoxy groups -OCH3 is 2. The largest absolute Gasteiger partial charge is 0.468 e. The third-order valence-corrected chi connectivity index (χ3v) is 6.70. The number of esters is 2. The molecule has 118 valence electrons. The summed E-state index contributed by atoms with van der Waals surface area (Å²) in [5, 5.41) is 0. The second-order valence-electron chi connectivity index (χ2n) is 3.75. The van der Waals surface area contributed by atoms with E-state index >= 15 is 0 Å². The lowest BCUT2D eigenvalue weighted by molar-refractivity contribution is -0.140. The minimum Gasteiger partial charge on any atom is -0.468 e. The van der Waals surface area contributed by atoms with Crippen molar-refractivity contribution >= 4 is 49.2 Å². The minimum atomic E-state index is -3.92. The van der Waals surface area contributed by atoms with E-state index in [2.05, 4.69) is 25.4 Å². The van der Waals surface area contributed by atoms with Crippen LogP contribution >= 0.6 is 27.3 Å². The van der Waals surface area contributed by atoms with Crippen LogP contribution in [0.5, 0.6) is 0 Å². The fraction of sp³-hybridized carbons (Fsp3) is 0.455. The summed E-state index contributed by atoms with van der Waals surface area (Å²) < 4.78 is 35.3. The summed E-state index contributed by atoms with van der Waals surface area (Å²) >= 11 is 4.07. The molecule has 0 spiro atoms. The van der Waals surface area contributed by atoms with Crippen molar-refractivity contribution in [1.29, 1.82) is 0 Å². The van der Waals surface area contributed by atoms with Crippen LogP contribution in [0.15, 0.2) is 14.7 Å².